The Morgan fingerprint density at radius 2 is 1.58 bits per heavy atom. The second-order valence-electron chi connectivity index (χ2n) is 10.6. The maximum atomic E-state index is 13.3. The molecule has 4 rings (SSSR count). The lowest BCUT2D eigenvalue weighted by molar-refractivity contribution is -0.137. The second kappa shape index (κ2) is 11.0. The summed E-state index contributed by atoms with van der Waals surface area (Å²) in [7, 11) is 4.26. The van der Waals surface area contributed by atoms with Crippen LogP contribution >= 0.6 is 0 Å². The molecule has 1 saturated heterocycles. The highest BCUT2D eigenvalue weighted by Crippen LogP contribution is 2.30. The number of hydrogen-bond acceptors (Lipinski definition) is 3. The Hall–Kier alpha value is -1.39. The molecule has 0 bridgehead atoms. The third-order valence-corrected chi connectivity index (χ3v) is 7.97. The molecule has 3 aliphatic rings. The molecule has 0 atom stereocenters. The first-order chi connectivity index (χ1) is 15.1. The van der Waals surface area contributed by atoms with E-state index in [0.29, 0.717) is 23.8 Å². The molecule has 2 fully saturated rings. The van der Waals surface area contributed by atoms with Crippen LogP contribution in [0.15, 0.2) is 24.3 Å². The number of carbonyl (C=O) groups excluding carboxylic acids is 1. The van der Waals surface area contributed by atoms with Crippen LogP contribution in [0, 0.1) is 11.8 Å². The van der Waals surface area contributed by atoms with Crippen molar-refractivity contribution in [2.45, 2.75) is 70.3 Å². The van der Waals surface area contributed by atoms with Gasteiger partial charge in [0.25, 0.3) is 0 Å². The van der Waals surface area contributed by atoms with Crippen LogP contribution in [0.25, 0.3) is 0 Å². The summed E-state index contributed by atoms with van der Waals surface area (Å²) < 4.78 is 0. The van der Waals surface area contributed by atoms with Crippen molar-refractivity contribution in [3.63, 3.8) is 0 Å². The van der Waals surface area contributed by atoms with Gasteiger partial charge in [-0.15, -0.1) is 0 Å². The molecule has 1 heterocycles. The molecule has 0 radical (unpaired) electrons. The predicted octanol–water partition coefficient (Wildman–Crippen LogP) is 4.23. The molecule has 4 heteroatoms. The number of nitrogens with zero attached hydrogens (tertiary/aromatic N) is 3. The van der Waals surface area contributed by atoms with E-state index in [0.717, 1.165) is 38.9 Å². The van der Waals surface area contributed by atoms with Gasteiger partial charge in [-0.05, 0) is 95.7 Å². The Morgan fingerprint density at radius 3 is 2.19 bits per heavy atom. The number of rotatable bonds is 8. The number of carbonyl (C=O) groups is 1. The summed E-state index contributed by atoms with van der Waals surface area (Å²) in [5.74, 6) is 1.43. The van der Waals surface area contributed by atoms with E-state index in [4.69, 9.17) is 0 Å². The molecule has 0 unspecified atom stereocenters. The van der Waals surface area contributed by atoms with Crippen molar-refractivity contribution >= 4 is 5.91 Å². The number of benzene rings is 1. The fourth-order valence-electron chi connectivity index (χ4n) is 6.08. The van der Waals surface area contributed by atoms with Crippen molar-refractivity contribution in [1.82, 2.24) is 14.7 Å². The van der Waals surface area contributed by atoms with Crippen molar-refractivity contribution < 1.29 is 4.79 Å². The normalized spacial score (nSPS) is 21.5. The highest BCUT2D eigenvalue weighted by molar-refractivity contribution is 5.79. The zero-order valence-corrected chi connectivity index (χ0v) is 19.9. The van der Waals surface area contributed by atoms with Gasteiger partial charge >= 0.3 is 0 Å². The number of amides is 1. The van der Waals surface area contributed by atoms with Gasteiger partial charge in [0.05, 0.1) is 0 Å². The van der Waals surface area contributed by atoms with Gasteiger partial charge in [0.15, 0.2) is 0 Å². The van der Waals surface area contributed by atoms with Gasteiger partial charge in [-0.1, -0.05) is 43.5 Å². The molecular weight excluding hydrogens is 382 g/mol. The third-order valence-electron chi connectivity index (χ3n) is 7.97. The topological polar surface area (TPSA) is 26.8 Å². The predicted molar refractivity (Wildman–Crippen MR) is 128 cm³/mol. The van der Waals surface area contributed by atoms with Crippen LogP contribution in [0.1, 0.15) is 62.5 Å². The molecule has 2 aliphatic carbocycles. The van der Waals surface area contributed by atoms with Gasteiger partial charge in [-0.2, -0.15) is 0 Å². The molecule has 0 aromatic heterocycles. The summed E-state index contributed by atoms with van der Waals surface area (Å²) >= 11 is 0. The SMILES string of the molecule is CN(C)CCCN(CC1CCN(C2Cc3ccccc3C2)CC1)C(=O)C1CCCCC1. The average Bonchev–Trinajstić information content (AvgIpc) is 3.23. The van der Waals surface area contributed by atoms with Crippen LogP contribution in [-0.2, 0) is 17.6 Å². The van der Waals surface area contributed by atoms with Crippen LogP contribution < -0.4 is 0 Å². The number of hydrogen-bond donors (Lipinski definition) is 0. The number of piperidine rings is 1. The summed E-state index contributed by atoms with van der Waals surface area (Å²) in [5, 5.41) is 0. The quantitative estimate of drug-likeness (QED) is 0.624. The first-order valence-electron chi connectivity index (χ1n) is 12.8. The molecule has 0 N–H and O–H groups in total. The van der Waals surface area contributed by atoms with Crippen molar-refractivity contribution in [2.75, 3.05) is 46.8 Å². The van der Waals surface area contributed by atoms with Crippen molar-refractivity contribution in [1.29, 1.82) is 0 Å². The third kappa shape index (κ3) is 6.10. The van der Waals surface area contributed by atoms with Crippen LogP contribution in [0.2, 0.25) is 0 Å². The largest absolute Gasteiger partial charge is 0.342 e. The second-order valence-corrected chi connectivity index (χ2v) is 10.6. The zero-order valence-electron chi connectivity index (χ0n) is 19.9. The van der Waals surface area contributed by atoms with E-state index in [-0.39, 0.29) is 0 Å². The molecule has 1 aromatic carbocycles. The van der Waals surface area contributed by atoms with Gasteiger partial charge in [0.2, 0.25) is 5.91 Å². The van der Waals surface area contributed by atoms with E-state index in [1.807, 2.05) is 0 Å². The molecular formula is C27H43N3O. The summed E-state index contributed by atoms with van der Waals surface area (Å²) in [6.07, 6.45) is 12.0. The minimum absolute atomic E-state index is 0.296. The monoisotopic (exact) mass is 425 g/mol. The first kappa shape index (κ1) is 22.8. The Morgan fingerprint density at radius 1 is 0.935 bits per heavy atom. The van der Waals surface area contributed by atoms with Crippen molar-refractivity contribution in [3.05, 3.63) is 35.4 Å². The highest BCUT2D eigenvalue weighted by atomic mass is 16.2. The van der Waals surface area contributed by atoms with E-state index in [9.17, 15) is 4.79 Å². The number of fused-ring (bicyclic) bond motifs is 1. The van der Waals surface area contributed by atoms with E-state index < -0.39 is 0 Å². The zero-order chi connectivity index (χ0) is 21.6. The average molecular weight is 426 g/mol. The minimum Gasteiger partial charge on any atom is -0.342 e. The van der Waals surface area contributed by atoms with Gasteiger partial charge in [-0.25, -0.2) is 0 Å². The summed E-state index contributed by atoms with van der Waals surface area (Å²) in [5.41, 5.74) is 3.11. The van der Waals surface area contributed by atoms with Crippen molar-refractivity contribution in [3.8, 4) is 0 Å². The van der Waals surface area contributed by atoms with E-state index in [1.165, 1.54) is 58.0 Å². The fourth-order valence-corrected chi connectivity index (χ4v) is 6.08. The molecule has 1 aliphatic heterocycles. The van der Waals surface area contributed by atoms with Crippen molar-refractivity contribution in [2.24, 2.45) is 11.8 Å². The molecule has 1 amide bonds. The molecule has 0 spiro atoms. The van der Waals surface area contributed by atoms with E-state index >= 15 is 0 Å². The highest BCUT2D eigenvalue weighted by Gasteiger charge is 2.32. The van der Waals surface area contributed by atoms with Gasteiger partial charge in [0, 0.05) is 25.0 Å². The van der Waals surface area contributed by atoms with E-state index in [1.54, 1.807) is 11.1 Å². The minimum atomic E-state index is 0.296. The first-order valence-corrected chi connectivity index (χ1v) is 12.8. The Kier molecular flexibility index (Phi) is 8.06. The Bertz CT molecular complexity index is 679. The molecule has 31 heavy (non-hydrogen) atoms. The number of likely N-dealkylation sites (tertiary alicyclic amines) is 1. The van der Waals surface area contributed by atoms with Gasteiger partial charge in [-0.3, -0.25) is 9.69 Å². The maximum Gasteiger partial charge on any atom is 0.225 e. The standard InChI is InChI=1S/C27H43N3O/c1-28(2)15-8-16-30(27(31)23-9-4-3-5-10-23)21-22-13-17-29(18-14-22)26-19-24-11-6-7-12-25(24)20-26/h6-7,11-12,22-23,26H,3-5,8-10,13-21H2,1-2H3. The summed E-state index contributed by atoms with van der Waals surface area (Å²) in [6.45, 7) is 5.39. The lowest BCUT2D eigenvalue weighted by Gasteiger charge is -2.39. The summed E-state index contributed by atoms with van der Waals surface area (Å²) in [4.78, 5) is 20.6. The van der Waals surface area contributed by atoms with Crippen LogP contribution in [-0.4, -0.2) is 73.5 Å². The van der Waals surface area contributed by atoms with Crippen LogP contribution in [0.5, 0.6) is 0 Å². The van der Waals surface area contributed by atoms with Crippen LogP contribution in [0.3, 0.4) is 0 Å². The molecule has 1 aromatic rings. The molecule has 4 nitrogen and oxygen atoms in total. The molecule has 1 saturated carbocycles. The van der Waals surface area contributed by atoms with Gasteiger partial charge in [0.1, 0.15) is 0 Å². The van der Waals surface area contributed by atoms with Crippen LogP contribution in [0.4, 0.5) is 0 Å². The Balaban J connectivity index is 1.28. The van der Waals surface area contributed by atoms with E-state index in [2.05, 4.69) is 53.1 Å². The van der Waals surface area contributed by atoms with Gasteiger partial charge < -0.3 is 9.80 Å². The summed E-state index contributed by atoms with van der Waals surface area (Å²) in [6, 6.07) is 9.68. The smallest absolute Gasteiger partial charge is 0.225 e. The lowest BCUT2D eigenvalue weighted by Crippen LogP contribution is -2.46. The lowest BCUT2D eigenvalue weighted by atomic mass is 9.87. The Labute approximate surface area is 190 Å². The maximum absolute atomic E-state index is 13.3. The molecule has 172 valence electrons. The fraction of sp³-hybridized carbons (Fsp3) is 0.741.